The fourth-order valence-electron chi connectivity index (χ4n) is 4.92. The minimum atomic E-state index is -3.84. The second-order valence-electron chi connectivity index (χ2n) is 9.21. The number of rotatable bonds is 4. The average Bonchev–Trinajstić information content (AvgIpc) is 3.26. The van der Waals surface area contributed by atoms with Gasteiger partial charge in [-0.25, -0.2) is 8.42 Å². The maximum Gasteiger partial charge on any atom is 0.311 e. The summed E-state index contributed by atoms with van der Waals surface area (Å²) in [7, 11) is -3.84. The molecule has 7 heteroatoms. The highest BCUT2D eigenvalue weighted by Crippen LogP contribution is 2.62. The van der Waals surface area contributed by atoms with Crippen molar-refractivity contribution in [3.05, 3.63) is 42.5 Å². The first-order chi connectivity index (χ1) is 13.5. The van der Waals surface area contributed by atoms with Crippen LogP contribution in [0.4, 0.5) is 0 Å². The maximum absolute atomic E-state index is 13.6. The molecule has 1 spiro atoms. The first-order valence-electron chi connectivity index (χ1n) is 9.91. The largest absolute Gasteiger partial charge is 0.458 e. The Bertz CT molecular complexity index is 990. The van der Waals surface area contributed by atoms with E-state index in [-0.39, 0.29) is 17.1 Å². The molecule has 2 aliphatic heterocycles. The summed E-state index contributed by atoms with van der Waals surface area (Å²) in [4.78, 5) is 25.6. The molecule has 0 saturated carbocycles. The van der Waals surface area contributed by atoms with Crippen molar-refractivity contribution in [2.75, 3.05) is 0 Å². The van der Waals surface area contributed by atoms with Crippen molar-refractivity contribution in [1.82, 2.24) is 0 Å². The molecule has 156 valence electrons. The van der Waals surface area contributed by atoms with Gasteiger partial charge < -0.3 is 9.47 Å². The number of carbonyl (C=O) groups is 2. The van der Waals surface area contributed by atoms with Crippen LogP contribution in [0.3, 0.4) is 0 Å². The molecule has 0 radical (unpaired) electrons. The number of fused-ring (bicyclic) bond motifs is 1. The van der Waals surface area contributed by atoms with Crippen molar-refractivity contribution in [2.45, 2.75) is 68.0 Å². The number of ether oxygens (including phenoxy) is 2. The quantitative estimate of drug-likeness (QED) is 0.699. The first-order valence-corrected chi connectivity index (χ1v) is 11.5. The second kappa shape index (κ2) is 6.25. The van der Waals surface area contributed by atoms with Gasteiger partial charge in [-0.2, -0.15) is 0 Å². The topological polar surface area (TPSA) is 86.7 Å². The summed E-state index contributed by atoms with van der Waals surface area (Å²) in [5.41, 5.74) is -3.02. The zero-order valence-corrected chi connectivity index (χ0v) is 17.9. The van der Waals surface area contributed by atoms with E-state index in [9.17, 15) is 18.0 Å². The van der Waals surface area contributed by atoms with E-state index in [0.29, 0.717) is 6.42 Å². The number of sulfone groups is 1. The van der Waals surface area contributed by atoms with Crippen molar-refractivity contribution in [3.63, 3.8) is 0 Å². The molecule has 5 atom stereocenters. The Hall–Kier alpha value is -1.99. The van der Waals surface area contributed by atoms with Crippen LogP contribution >= 0.6 is 0 Å². The van der Waals surface area contributed by atoms with Gasteiger partial charge in [0, 0.05) is 6.42 Å². The van der Waals surface area contributed by atoms with Gasteiger partial charge in [0.15, 0.2) is 15.6 Å². The average molecular weight is 419 g/mol. The Kier molecular flexibility index (Phi) is 4.37. The highest BCUT2D eigenvalue weighted by Gasteiger charge is 2.77. The van der Waals surface area contributed by atoms with Crippen molar-refractivity contribution in [2.24, 2.45) is 11.3 Å². The molecule has 2 bridgehead atoms. The van der Waals surface area contributed by atoms with Gasteiger partial charge in [0.2, 0.25) is 0 Å². The second-order valence-corrected chi connectivity index (χ2v) is 11.3. The van der Waals surface area contributed by atoms with E-state index in [0.717, 1.165) is 0 Å². The maximum atomic E-state index is 13.6. The van der Waals surface area contributed by atoms with Gasteiger partial charge in [-0.1, -0.05) is 25.1 Å². The number of benzene rings is 1. The number of carbonyl (C=O) groups excluding carboxylic acids is 2. The van der Waals surface area contributed by atoms with E-state index >= 15 is 0 Å². The third kappa shape index (κ3) is 2.74. The standard InChI is InChI=1S/C22H26O6S/c1-5-21-13-16(27-19(24)20(2,3)4)22(28-21)12-11-15(23)17(22)18(21)29(25,26)14-9-7-6-8-10-14/h6-12,16-18H,5,13H2,1-4H3/t16-,17-,18-,21-,22+/m1/s1. The Morgan fingerprint density at radius 2 is 1.90 bits per heavy atom. The van der Waals surface area contributed by atoms with Crippen LogP contribution in [-0.2, 0) is 28.9 Å². The zero-order valence-electron chi connectivity index (χ0n) is 17.0. The third-order valence-electron chi connectivity index (χ3n) is 6.40. The molecule has 29 heavy (non-hydrogen) atoms. The Balaban J connectivity index is 1.79. The van der Waals surface area contributed by atoms with Crippen molar-refractivity contribution in [3.8, 4) is 0 Å². The molecule has 6 nitrogen and oxygen atoms in total. The van der Waals surface area contributed by atoms with Crippen molar-refractivity contribution >= 4 is 21.6 Å². The van der Waals surface area contributed by atoms with Gasteiger partial charge in [0.1, 0.15) is 17.0 Å². The lowest BCUT2D eigenvalue weighted by molar-refractivity contribution is -0.166. The number of esters is 1. The molecule has 0 N–H and O–H groups in total. The van der Waals surface area contributed by atoms with Crippen LogP contribution in [-0.4, -0.2) is 42.7 Å². The molecule has 2 saturated heterocycles. The van der Waals surface area contributed by atoms with Crippen LogP contribution in [0.1, 0.15) is 40.5 Å². The molecule has 0 aromatic heterocycles. The van der Waals surface area contributed by atoms with E-state index in [1.165, 1.54) is 6.08 Å². The Labute approximate surface area is 171 Å². The van der Waals surface area contributed by atoms with E-state index in [1.807, 2.05) is 6.92 Å². The van der Waals surface area contributed by atoms with Gasteiger partial charge in [0.05, 0.1) is 21.8 Å². The van der Waals surface area contributed by atoms with Crippen molar-refractivity contribution < 1.29 is 27.5 Å². The molecule has 1 aromatic carbocycles. The molecule has 0 unspecified atom stereocenters. The zero-order chi connectivity index (χ0) is 21.2. The molecule has 1 aromatic rings. The molecule has 1 aliphatic carbocycles. The predicted molar refractivity (Wildman–Crippen MR) is 106 cm³/mol. The van der Waals surface area contributed by atoms with Gasteiger partial charge in [-0.05, 0) is 51.5 Å². The van der Waals surface area contributed by atoms with Gasteiger partial charge in [0.25, 0.3) is 0 Å². The highest BCUT2D eigenvalue weighted by atomic mass is 32.2. The smallest absolute Gasteiger partial charge is 0.311 e. The summed E-state index contributed by atoms with van der Waals surface area (Å²) in [5.74, 6) is -1.60. The van der Waals surface area contributed by atoms with Crippen LogP contribution in [0.2, 0.25) is 0 Å². The van der Waals surface area contributed by atoms with E-state index in [1.54, 1.807) is 57.2 Å². The summed E-state index contributed by atoms with van der Waals surface area (Å²) in [6, 6.07) is 8.16. The molecule has 0 amide bonds. The number of allylic oxidation sites excluding steroid dienone is 1. The summed E-state index contributed by atoms with van der Waals surface area (Å²) in [5, 5.41) is -1.02. The van der Waals surface area contributed by atoms with Gasteiger partial charge >= 0.3 is 5.97 Å². The van der Waals surface area contributed by atoms with Crippen molar-refractivity contribution in [1.29, 1.82) is 0 Å². The predicted octanol–water partition coefficient (Wildman–Crippen LogP) is 2.86. The normalized spacial score (nSPS) is 35.7. The van der Waals surface area contributed by atoms with E-state index in [2.05, 4.69) is 0 Å². The Morgan fingerprint density at radius 1 is 1.24 bits per heavy atom. The third-order valence-corrected chi connectivity index (χ3v) is 8.70. The molecular weight excluding hydrogens is 392 g/mol. The summed E-state index contributed by atoms with van der Waals surface area (Å²) >= 11 is 0. The van der Waals surface area contributed by atoms with Crippen LogP contribution in [0.5, 0.6) is 0 Å². The van der Waals surface area contributed by atoms with Gasteiger partial charge in [-0.3, -0.25) is 9.59 Å². The fraction of sp³-hybridized carbons (Fsp3) is 0.545. The minimum absolute atomic E-state index is 0.173. The molecular formula is C22H26O6S. The van der Waals surface area contributed by atoms with Crippen LogP contribution in [0.25, 0.3) is 0 Å². The van der Waals surface area contributed by atoms with E-state index in [4.69, 9.17) is 9.47 Å². The molecule has 4 rings (SSSR count). The number of hydrogen-bond acceptors (Lipinski definition) is 6. The lowest BCUT2D eigenvalue weighted by Crippen LogP contribution is -2.56. The monoisotopic (exact) mass is 418 g/mol. The fourth-order valence-corrected chi connectivity index (χ4v) is 7.33. The van der Waals surface area contributed by atoms with Crippen LogP contribution < -0.4 is 0 Å². The summed E-state index contributed by atoms with van der Waals surface area (Å²) in [6.45, 7) is 7.12. The summed E-state index contributed by atoms with van der Waals surface area (Å²) < 4.78 is 39.4. The number of hydrogen-bond donors (Lipinski definition) is 0. The lowest BCUT2D eigenvalue weighted by Gasteiger charge is -2.39. The van der Waals surface area contributed by atoms with Gasteiger partial charge in [-0.15, -0.1) is 0 Å². The molecule has 3 aliphatic rings. The minimum Gasteiger partial charge on any atom is -0.458 e. The number of ketones is 1. The highest BCUT2D eigenvalue weighted by molar-refractivity contribution is 7.92. The first kappa shape index (κ1) is 20.3. The van der Waals surface area contributed by atoms with E-state index < -0.39 is 49.7 Å². The van der Waals surface area contributed by atoms with Crippen LogP contribution in [0, 0.1) is 11.3 Å². The molecule has 2 fully saturated rings. The molecule has 2 heterocycles. The SMILES string of the molecule is CC[C@@]12C[C@@H](OC(=O)C(C)(C)C)[C@]3(C=CC(=O)[C@@H]3[C@H]1S(=O)(=O)c1ccccc1)O2. The lowest BCUT2D eigenvalue weighted by atomic mass is 9.72. The summed E-state index contributed by atoms with van der Waals surface area (Å²) in [6.07, 6.45) is 2.94. The van der Waals surface area contributed by atoms with Crippen LogP contribution in [0.15, 0.2) is 47.4 Å². The Morgan fingerprint density at radius 3 is 2.48 bits per heavy atom.